The Morgan fingerprint density at radius 2 is 0.683 bits per heavy atom. The molecule has 0 aliphatic carbocycles. The molecular weight excluding hydrogens is 811 g/mol. The maximum Gasteiger partial charge on any atom is 0.134 e. The van der Waals surface area contributed by atoms with Gasteiger partial charge in [0.1, 0.15) is 54.2 Å². The van der Waals surface area contributed by atoms with Crippen molar-refractivity contribution in [2.24, 2.45) is 0 Å². The molecule has 7 rings (SSSR count). The Kier molecular flexibility index (Phi) is 16.7. The maximum absolute atomic E-state index is 10.5. The molecule has 3 unspecified atom stereocenters. The summed E-state index contributed by atoms with van der Waals surface area (Å²) in [4.78, 5) is 0. The Morgan fingerprint density at radius 3 is 0.968 bits per heavy atom. The Labute approximate surface area is 364 Å². The van der Waals surface area contributed by atoms with Crippen molar-refractivity contribution in [2.45, 2.75) is 77.6 Å². The Hall–Kier alpha value is -6.54. The van der Waals surface area contributed by atoms with Gasteiger partial charge in [-0.25, -0.2) is 14.0 Å². The predicted octanol–water partition coefficient (Wildman–Crippen LogP) is 3.93. The van der Waals surface area contributed by atoms with Gasteiger partial charge in [0.25, 0.3) is 0 Å². The zero-order chi connectivity index (χ0) is 43.5. The molecule has 0 radical (unpaired) electrons. The average Bonchev–Trinajstić information content (AvgIpc) is 4.07. The average molecular weight is 862 g/mol. The van der Waals surface area contributed by atoms with Crippen molar-refractivity contribution in [3.63, 3.8) is 0 Å². The molecule has 3 heterocycles. The van der Waals surface area contributed by atoms with E-state index < -0.39 is 18.3 Å². The standard InChI is InChI=1S/C45H51N9O9/c55-40(31-58-25-34-10-4-1-5-11-34)22-52-19-37(46-49-52)28-61-43-16-44(62-29-38-20-53(50-47-38)23-41(56)32-59-26-35-12-6-2-7-13-35)18-45(17-43)63-30-39-21-54(51-48-39)24-42(57)33-60-27-36-14-8-3-9-15-36/h1-21,40-42,55-57H,22-33H2. The van der Waals surface area contributed by atoms with Gasteiger partial charge in [-0.05, 0) is 16.7 Å². The fraction of sp³-hybridized carbons (Fsp3) is 0.333. The van der Waals surface area contributed by atoms with E-state index in [-0.39, 0.29) is 59.3 Å². The molecule has 0 aliphatic heterocycles. The molecule has 0 bridgehead atoms. The van der Waals surface area contributed by atoms with Crippen LogP contribution in [0.25, 0.3) is 0 Å². The predicted molar refractivity (Wildman–Crippen MR) is 226 cm³/mol. The molecule has 0 saturated heterocycles. The topological polar surface area (TPSA) is 208 Å². The highest BCUT2D eigenvalue weighted by molar-refractivity contribution is 5.42. The van der Waals surface area contributed by atoms with Crippen LogP contribution in [0, 0.1) is 0 Å². The summed E-state index contributed by atoms with van der Waals surface area (Å²) in [6, 6.07) is 34.4. The number of aromatic nitrogens is 9. The lowest BCUT2D eigenvalue weighted by Gasteiger charge is -2.12. The molecule has 4 aromatic carbocycles. The molecule has 63 heavy (non-hydrogen) atoms. The zero-order valence-corrected chi connectivity index (χ0v) is 34.7. The lowest BCUT2D eigenvalue weighted by molar-refractivity contribution is 0.0184. The second kappa shape index (κ2) is 23.6. The van der Waals surface area contributed by atoms with Crippen LogP contribution in [0.1, 0.15) is 33.8 Å². The first-order chi connectivity index (χ1) is 30.9. The van der Waals surface area contributed by atoms with Gasteiger partial charge in [-0.15, -0.1) is 15.3 Å². The van der Waals surface area contributed by atoms with Crippen LogP contribution in [0.2, 0.25) is 0 Å². The second-order valence-corrected chi connectivity index (χ2v) is 14.8. The van der Waals surface area contributed by atoms with Crippen LogP contribution >= 0.6 is 0 Å². The van der Waals surface area contributed by atoms with Crippen molar-refractivity contribution in [1.29, 1.82) is 0 Å². The van der Waals surface area contributed by atoms with E-state index in [0.29, 0.717) is 54.2 Å². The van der Waals surface area contributed by atoms with Crippen molar-refractivity contribution in [3.05, 3.63) is 162 Å². The first-order valence-electron chi connectivity index (χ1n) is 20.5. The number of rotatable bonds is 27. The number of hydrogen-bond acceptors (Lipinski definition) is 15. The number of aliphatic hydroxyl groups is 3. The van der Waals surface area contributed by atoms with Gasteiger partial charge in [-0.3, -0.25) is 0 Å². The van der Waals surface area contributed by atoms with Gasteiger partial charge in [0.2, 0.25) is 0 Å². The van der Waals surface area contributed by atoms with Gasteiger partial charge in [-0.2, -0.15) is 0 Å². The van der Waals surface area contributed by atoms with Crippen molar-refractivity contribution in [2.75, 3.05) is 19.8 Å². The SMILES string of the molecule is OC(COCc1ccccc1)Cn1cc(COc2cc(OCc3cn(CC(O)COCc4ccccc4)nn3)cc(OCc3cn(CC(O)COCc4ccccc4)nn3)c2)nn1. The van der Waals surface area contributed by atoms with E-state index in [1.807, 2.05) is 91.0 Å². The van der Waals surface area contributed by atoms with Crippen molar-refractivity contribution < 1.29 is 43.7 Å². The lowest BCUT2D eigenvalue weighted by Crippen LogP contribution is -2.22. The molecule has 18 nitrogen and oxygen atoms in total. The van der Waals surface area contributed by atoms with E-state index in [1.54, 1.807) is 36.8 Å². The van der Waals surface area contributed by atoms with Crippen molar-refractivity contribution in [1.82, 2.24) is 45.0 Å². The highest BCUT2D eigenvalue weighted by atomic mass is 16.5. The van der Waals surface area contributed by atoms with Crippen LogP contribution < -0.4 is 14.2 Å². The number of aliphatic hydroxyl groups excluding tert-OH is 3. The van der Waals surface area contributed by atoms with Crippen LogP contribution in [-0.4, -0.2) is 98.4 Å². The smallest absolute Gasteiger partial charge is 0.134 e. The third kappa shape index (κ3) is 15.4. The van der Waals surface area contributed by atoms with E-state index in [9.17, 15) is 15.3 Å². The van der Waals surface area contributed by atoms with E-state index in [4.69, 9.17) is 28.4 Å². The van der Waals surface area contributed by atoms with E-state index >= 15 is 0 Å². The molecule has 330 valence electrons. The molecule has 3 aromatic heterocycles. The Bertz CT molecular complexity index is 2090. The van der Waals surface area contributed by atoms with Crippen LogP contribution in [-0.2, 0) is 73.5 Å². The summed E-state index contributed by atoms with van der Waals surface area (Å²) >= 11 is 0. The molecule has 3 atom stereocenters. The minimum atomic E-state index is -0.783. The Balaban J connectivity index is 0.922. The van der Waals surface area contributed by atoms with Crippen LogP contribution in [0.15, 0.2) is 128 Å². The molecule has 0 spiro atoms. The quantitative estimate of drug-likeness (QED) is 0.0670. The third-order valence-electron chi connectivity index (χ3n) is 9.23. The van der Waals surface area contributed by atoms with Gasteiger partial charge in [0.05, 0.1) is 96.2 Å². The molecule has 0 fully saturated rings. The summed E-state index contributed by atoms with van der Waals surface area (Å²) in [6.45, 7) is 2.41. The molecule has 18 heteroatoms. The van der Waals surface area contributed by atoms with Crippen molar-refractivity contribution >= 4 is 0 Å². The Morgan fingerprint density at radius 1 is 0.397 bits per heavy atom. The van der Waals surface area contributed by atoms with E-state index in [2.05, 4.69) is 30.9 Å². The summed E-state index contributed by atoms with van der Waals surface area (Å²) in [6.07, 6.45) is 2.74. The lowest BCUT2D eigenvalue weighted by atomic mass is 10.2. The highest BCUT2D eigenvalue weighted by Crippen LogP contribution is 2.29. The first kappa shape index (κ1) is 44.5. The number of benzene rings is 4. The number of hydrogen-bond donors (Lipinski definition) is 3. The van der Waals surface area contributed by atoms with Crippen LogP contribution in [0.5, 0.6) is 17.2 Å². The monoisotopic (exact) mass is 861 g/mol. The fourth-order valence-corrected chi connectivity index (χ4v) is 6.22. The van der Waals surface area contributed by atoms with Crippen LogP contribution in [0.3, 0.4) is 0 Å². The van der Waals surface area contributed by atoms with E-state index in [0.717, 1.165) is 16.7 Å². The normalized spacial score (nSPS) is 12.8. The molecule has 0 amide bonds. The van der Waals surface area contributed by atoms with E-state index in [1.165, 1.54) is 14.0 Å². The summed E-state index contributed by atoms with van der Waals surface area (Å²) in [7, 11) is 0. The highest BCUT2D eigenvalue weighted by Gasteiger charge is 2.14. The molecule has 3 N–H and O–H groups in total. The number of nitrogens with zero attached hydrogens (tertiary/aromatic N) is 9. The summed E-state index contributed by atoms with van der Waals surface area (Å²) in [5.74, 6) is 1.28. The number of ether oxygens (including phenoxy) is 6. The van der Waals surface area contributed by atoms with Crippen LogP contribution in [0.4, 0.5) is 0 Å². The zero-order valence-electron chi connectivity index (χ0n) is 34.7. The maximum atomic E-state index is 10.5. The molecule has 7 aromatic rings. The third-order valence-corrected chi connectivity index (χ3v) is 9.23. The second-order valence-electron chi connectivity index (χ2n) is 14.8. The van der Waals surface area contributed by atoms with Gasteiger partial charge in [0, 0.05) is 18.2 Å². The molecular formula is C45H51N9O9. The summed E-state index contributed by atoms with van der Waals surface area (Å²) in [5.41, 5.74) is 4.68. The fourth-order valence-electron chi connectivity index (χ4n) is 6.22. The van der Waals surface area contributed by atoms with Crippen molar-refractivity contribution in [3.8, 4) is 17.2 Å². The molecule has 0 aliphatic rings. The summed E-state index contributed by atoms with van der Waals surface area (Å²) < 4.78 is 40.0. The van der Waals surface area contributed by atoms with Gasteiger partial charge >= 0.3 is 0 Å². The molecule has 0 saturated carbocycles. The largest absolute Gasteiger partial charge is 0.487 e. The first-order valence-corrected chi connectivity index (χ1v) is 20.5. The summed E-state index contributed by atoms with van der Waals surface area (Å²) in [5, 5.41) is 56.6. The van der Waals surface area contributed by atoms with Gasteiger partial charge in [0.15, 0.2) is 0 Å². The minimum Gasteiger partial charge on any atom is -0.487 e. The van der Waals surface area contributed by atoms with Gasteiger partial charge in [-0.1, -0.05) is 107 Å². The minimum absolute atomic E-state index is 0.0704. The van der Waals surface area contributed by atoms with Gasteiger partial charge < -0.3 is 43.7 Å².